The summed E-state index contributed by atoms with van der Waals surface area (Å²) in [6.07, 6.45) is 0.866. The van der Waals surface area contributed by atoms with Gasteiger partial charge in [0, 0.05) is 26.1 Å². The highest BCUT2D eigenvalue weighted by Crippen LogP contribution is 2.18. The summed E-state index contributed by atoms with van der Waals surface area (Å²) in [6.45, 7) is 4.84. The van der Waals surface area contributed by atoms with Gasteiger partial charge in [-0.2, -0.15) is 0 Å². The molecule has 0 spiro atoms. The van der Waals surface area contributed by atoms with Crippen molar-refractivity contribution in [3.63, 3.8) is 0 Å². The predicted molar refractivity (Wildman–Crippen MR) is 93.0 cm³/mol. The fourth-order valence-corrected chi connectivity index (χ4v) is 2.82. The molecule has 1 heterocycles. The molecule has 3 amide bonds. The van der Waals surface area contributed by atoms with E-state index in [0.717, 1.165) is 12.0 Å². The first-order valence-electron chi connectivity index (χ1n) is 8.50. The average molecular weight is 347 g/mol. The number of amides is 3. The Bertz CT molecular complexity index is 645. The van der Waals surface area contributed by atoms with E-state index in [1.54, 1.807) is 18.7 Å². The van der Waals surface area contributed by atoms with Gasteiger partial charge in [-0.3, -0.25) is 4.79 Å². The standard InChI is InChI=1S/C18H25N3O4/c1-12(2)16(17(23)24)20-15(22)7-9-19-18(25)21-10-8-13-5-3-4-6-14(13)11-21/h3-6,12,16H,7-11H2,1-2H3,(H,19,25)(H,20,22)(H,23,24)/t16-/m0/s1. The van der Waals surface area contributed by atoms with Gasteiger partial charge >= 0.3 is 12.0 Å². The second kappa shape index (κ2) is 8.50. The van der Waals surface area contributed by atoms with E-state index in [-0.39, 0.29) is 30.8 Å². The Morgan fingerprint density at radius 2 is 1.88 bits per heavy atom. The Kier molecular flexibility index (Phi) is 6.38. The van der Waals surface area contributed by atoms with Gasteiger partial charge in [0.2, 0.25) is 5.91 Å². The molecule has 0 unspecified atom stereocenters. The van der Waals surface area contributed by atoms with E-state index >= 15 is 0 Å². The minimum Gasteiger partial charge on any atom is -0.480 e. The van der Waals surface area contributed by atoms with Gasteiger partial charge in [-0.05, 0) is 23.5 Å². The van der Waals surface area contributed by atoms with Crippen LogP contribution in [0.2, 0.25) is 0 Å². The number of carbonyl (C=O) groups excluding carboxylic acids is 2. The van der Waals surface area contributed by atoms with Gasteiger partial charge in [0.25, 0.3) is 0 Å². The van der Waals surface area contributed by atoms with Crippen LogP contribution in [0.3, 0.4) is 0 Å². The highest BCUT2D eigenvalue weighted by molar-refractivity contribution is 5.84. The number of aliphatic carboxylic acids is 1. The number of nitrogens with one attached hydrogen (secondary N) is 2. The molecule has 1 aromatic carbocycles. The minimum atomic E-state index is -1.06. The molecule has 0 saturated heterocycles. The molecule has 0 bridgehead atoms. The lowest BCUT2D eigenvalue weighted by Gasteiger charge is -2.29. The van der Waals surface area contributed by atoms with Gasteiger partial charge < -0.3 is 20.6 Å². The Morgan fingerprint density at radius 1 is 1.20 bits per heavy atom. The normalized spacial score (nSPS) is 14.6. The average Bonchev–Trinajstić information content (AvgIpc) is 2.58. The number of nitrogens with zero attached hydrogens (tertiary/aromatic N) is 1. The van der Waals surface area contributed by atoms with Crippen LogP contribution in [-0.4, -0.2) is 47.0 Å². The zero-order valence-electron chi connectivity index (χ0n) is 14.6. The molecule has 7 heteroatoms. The number of carbonyl (C=O) groups is 3. The zero-order valence-corrected chi connectivity index (χ0v) is 14.6. The summed E-state index contributed by atoms with van der Waals surface area (Å²) >= 11 is 0. The van der Waals surface area contributed by atoms with Crippen molar-refractivity contribution in [2.24, 2.45) is 5.92 Å². The summed E-state index contributed by atoms with van der Waals surface area (Å²) in [5.74, 6) is -1.64. The molecule has 7 nitrogen and oxygen atoms in total. The molecule has 2 rings (SSSR count). The molecule has 1 atom stereocenters. The van der Waals surface area contributed by atoms with Gasteiger partial charge in [-0.15, -0.1) is 0 Å². The molecule has 0 saturated carbocycles. The van der Waals surface area contributed by atoms with Crippen LogP contribution in [0.25, 0.3) is 0 Å². The molecule has 0 aromatic heterocycles. The first kappa shape index (κ1) is 18.8. The maximum Gasteiger partial charge on any atom is 0.326 e. The number of urea groups is 1. The summed E-state index contributed by atoms with van der Waals surface area (Å²) in [4.78, 5) is 36.9. The van der Waals surface area contributed by atoms with Gasteiger partial charge in [0.1, 0.15) is 6.04 Å². The molecule has 0 aliphatic carbocycles. The summed E-state index contributed by atoms with van der Waals surface area (Å²) in [7, 11) is 0. The molecule has 25 heavy (non-hydrogen) atoms. The Morgan fingerprint density at radius 3 is 2.52 bits per heavy atom. The molecule has 3 N–H and O–H groups in total. The van der Waals surface area contributed by atoms with Gasteiger partial charge in [-0.1, -0.05) is 38.1 Å². The van der Waals surface area contributed by atoms with Crippen molar-refractivity contribution in [2.75, 3.05) is 13.1 Å². The first-order chi connectivity index (χ1) is 11.9. The molecule has 1 aliphatic rings. The largest absolute Gasteiger partial charge is 0.480 e. The lowest BCUT2D eigenvalue weighted by atomic mass is 10.0. The van der Waals surface area contributed by atoms with E-state index in [9.17, 15) is 14.4 Å². The van der Waals surface area contributed by atoms with Gasteiger partial charge in [0.15, 0.2) is 0 Å². The lowest BCUT2D eigenvalue weighted by molar-refractivity contribution is -0.143. The SMILES string of the molecule is CC(C)[C@H](NC(=O)CCNC(=O)N1CCc2ccccc2C1)C(=O)O. The van der Waals surface area contributed by atoms with Crippen LogP contribution in [0.4, 0.5) is 4.79 Å². The second-order valence-corrected chi connectivity index (χ2v) is 6.55. The molecular formula is C18H25N3O4. The smallest absolute Gasteiger partial charge is 0.326 e. The summed E-state index contributed by atoms with van der Waals surface area (Å²) in [5, 5.41) is 14.3. The number of benzene rings is 1. The molecule has 1 aromatic rings. The van der Waals surface area contributed by atoms with Crippen LogP contribution in [0.1, 0.15) is 31.4 Å². The van der Waals surface area contributed by atoms with E-state index in [1.807, 2.05) is 18.2 Å². The third kappa shape index (κ3) is 5.20. The van der Waals surface area contributed by atoms with Crippen LogP contribution in [0, 0.1) is 5.92 Å². The van der Waals surface area contributed by atoms with Crippen molar-refractivity contribution in [1.82, 2.24) is 15.5 Å². The van der Waals surface area contributed by atoms with Crippen molar-refractivity contribution < 1.29 is 19.5 Å². The van der Waals surface area contributed by atoms with Crippen molar-refractivity contribution in [2.45, 2.75) is 39.3 Å². The van der Waals surface area contributed by atoms with Crippen LogP contribution in [-0.2, 0) is 22.6 Å². The number of hydrogen-bond donors (Lipinski definition) is 3. The van der Waals surface area contributed by atoms with Crippen LogP contribution >= 0.6 is 0 Å². The first-order valence-corrected chi connectivity index (χ1v) is 8.50. The molecule has 0 fully saturated rings. The Balaban J connectivity index is 1.75. The van der Waals surface area contributed by atoms with Crippen LogP contribution in [0.5, 0.6) is 0 Å². The van der Waals surface area contributed by atoms with Crippen molar-refractivity contribution in [3.05, 3.63) is 35.4 Å². The van der Waals surface area contributed by atoms with E-state index in [4.69, 9.17) is 5.11 Å². The topological polar surface area (TPSA) is 98.7 Å². The minimum absolute atomic E-state index is 0.0483. The summed E-state index contributed by atoms with van der Waals surface area (Å²) in [5.41, 5.74) is 2.40. The molecule has 136 valence electrons. The maximum absolute atomic E-state index is 12.2. The van der Waals surface area contributed by atoms with Crippen LogP contribution < -0.4 is 10.6 Å². The predicted octanol–water partition coefficient (Wildman–Crippen LogP) is 1.37. The van der Waals surface area contributed by atoms with Crippen LogP contribution in [0.15, 0.2) is 24.3 Å². The maximum atomic E-state index is 12.2. The zero-order chi connectivity index (χ0) is 18.4. The van der Waals surface area contributed by atoms with E-state index < -0.39 is 12.0 Å². The van der Waals surface area contributed by atoms with Crippen molar-refractivity contribution in [3.8, 4) is 0 Å². The number of fused-ring (bicyclic) bond motifs is 1. The van der Waals surface area contributed by atoms with Gasteiger partial charge in [-0.25, -0.2) is 9.59 Å². The third-order valence-electron chi connectivity index (χ3n) is 4.30. The van der Waals surface area contributed by atoms with Crippen molar-refractivity contribution in [1.29, 1.82) is 0 Å². The number of hydrogen-bond acceptors (Lipinski definition) is 3. The number of carboxylic acids is 1. The number of carboxylic acid groups (broad SMARTS) is 1. The Labute approximate surface area is 147 Å². The molecule has 1 aliphatic heterocycles. The Hall–Kier alpha value is -2.57. The van der Waals surface area contributed by atoms with E-state index in [1.165, 1.54) is 5.56 Å². The fourth-order valence-electron chi connectivity index (χ4n) is 2.82. The van der Waals surface area contributed by atoms with E-state index in [2.05, 4.69) is 16.7 Å². The number of rotatable bonds is 6. The van der Waals surface area contributed by atoms with Crippen molar-refractivity contribution >= 4 is 17.9 Å². The third-order valence-corrected chi connectivity index (χ3v) is 4.30. The highest BCUT2D eigenvalue weighted by Gasteiger charge is 2.24. The molecule has 0 radical (unpaired) electrons. The second-order valence-electron chi connectivity index (χ2n) is 6.55. The molecular weight excluding hydrogens is 322 g/mol. The van der Waals surface area contributed by atoms with Gasteiger partial charge in [0.05, 0.1) is 0 Å². The monoisotopic (exact) mass is 347 g/mol. The fraction of sp³-hybridized carbons (Fsp3) is 0.500. The summed E-state index contributed by atoms with van der Waals surface area (Å²) in [6, 6.07) is 6.91. The summed E-state index contributed by atoms with van der Waals surface area (Å²) < 4.78 is 0. The highest BCUT2D eigenvalue weighted by atomic mass is 16.4. The quantitative estimate of drug-likeness (QED) is 0.724. The van der Waals surface area contributed by atoms with E-state index in [0.29, 0.717) is 13.1 Å². The lowest BCUT2D eigenvalue weighted by Crippen LogP contribution is -2.46.